The third-order valence-corrected chi connectivity index (χ3v) is 3.90. The van der Waals surface area contributed by atoms with Crippen molar-refractivity contribution in [2.24, 2.45) is 0 Å². The van der Waals surface area contributed by atoms with Gasteiger partial charge in [0.1, 0.15) is 5.82 Å². The maximum Gasteiger partial charge on any atom is 0.264 e. The average Bonchev–Trinajstić information content (AvgIpc) is 2.71. The number of hydrogen-bond acceptors (Lipinski definition) is 3. The predicted octanol–water partition coefficient (Wildman–Crippen LogP) is 3.05. The molecule has 0 unspecified atom stereocenters. The minimum atomic E-state index is -0.278. The second kappa shape index (κ2) is 5.40. The highest BCUT2D eigenvalue weighted by Gasteiger charge is 2.15. The van der Waals surface area contributed by atoms with Crippen LogP contribution in [0.3, 0.4) is 0 Å². The summed E-state index contributed by atoms with van der Waals surface area (Å²) in [4.78, 5) is 15.4. The van der Waals surface area contributed by atoms with E-state index in [1.165, 1.54) is 23.5 Å². The Kier molecular flexibility index (Phi) is 3.85. The lowest BCUT2D eigenvalue weighted by atomic mass is 10.2. The van der Waals surface area contributed by atoms with Gasteiger partial charge in [0.05, 0.1) is 4.88 Å². The molecule has 3 nitrogen and oxygen atoms in total. The molecule has 0 aliphatic carbocycles. The Hall–Kier alpha value is -1.88. The molecular weight excluding hydrogens is 263 g/mol. The van der Waals surface area contributed by atoms with Crippen LogP contribution in [-0.4, -0.2) is 17.9 Å². The summed E-state index contributed by atoms with van der Waals surface area (Å²) in [5.41, 5.74) is 7.28. The van der Waals surface area contributed by atoms with Crippen molar-refractivity contribution in [1.29, 1.82) is 0 Å². The maximum absolute atomic E-state index is 12.8. The van der Waals surface area contributed by atoms with Gasteiger partial charge in [0, 0.05) is 24.2 Å². The predicted molar refractivity (Wildman–Crippen MR) is 75.7 cm³/mol. The van der Waals surface area contributed by atoms with Gasteiger partial charge in [-0.3, -0.25) is 4.79 Å². The Morgan fingerprint density at radius 2 is 2.00 bits per heavy atom. The number of amides is 1. The number of halogens is 1. The summed E-state index contributed by atoms with van der Waals surface area (Å²) < 4.78 is 12.8. The van der Waals surface area contributed by atoms with E-state index in [0.717, 1.165) is 10.4 Å². The minimum Gasteiger partial charge on any atom is -0.398 e. The number of anilines is 1. The zero-order valence-corrected chi connectivity index (χ0v) is 11.6. The summed E-state index contributed by atoms with van der Waals surface area (Å²) in [7, 11) is 1.72. The van der Waals surface area contributed by atoms with Crippen molar-refractivity contribution in [3.8, 4) is 0 Å². The first-order chi connectivity index (χ1) is 8.97. The van der Waals surface area contributed by atoms with Gasteiger partial charge in [0.25, 0.3) is 5.91 Å². The third kappa shape index (κ3) is 3.12. The number of nitrogens with zero attached hydrogens (tertiary/aromatic N) is 1. The van der Waals surface area contributed by atoms with Gasteiger partial charge in [0.15, 0.2) is 0 Å². The Balaban J connectivity index is 2.09. The fraction of sp³-hybridized carbons (Fsp3) is 0.214. The molecule has 0 fully saturated rings. The van der Waals surface area contributed by atoms with Crippen molar-refractivity contribution in [2.45, 2.75) is 13.5 Å². The number of carbonyl (C=O) groups excluding carboxylic acids is 1. The zero-order valence-electron chi connectivity index (χ0n) is 10.8. The Labute approximate surface area is 115 Å². The number of nitrogen functional groups attached to an aromatic ring is 1. The van der Waals surface area contributed by atoms with Crippen LogP contribution in [-0.2, 0) is 6.54 Å². The van der Waals surface area contributed by atoms with Gasteiger partial charge in [-0.1, -0.05) is 12.1 Å². The van der Waals surface area contributed by atoms with E-state index in [1.807, 2.05) is 6.92 Å². The van der Waals surface area contributed by atoms with Crippen LogP contribution in [0, 0.1) is 12.7 Å². The number of aryl methyl sites for hydroxylation is 1. The molecule has 19 heavy (non-hydrogen) atoms. The van der Waals surface area contributed by atoms with E-state index < -0.39 is 0 Å². The van der Waals surface area contributed by atoms with E-state index in [9.17, 15) is 9.18 Å². The van der Waals surface area contributed by atoms with Gasteiger partial charge in [-0.25, -0.2) is 4.39 Å². The molecule has 0 atom stereocenters. The van der Waals surface area contributed by atoms with Crippen LogP contribution in [0.15, 0.2) is 30.3 Å². The van der Waals surface area contributed by atoms with E-state index >= 15 is 0 Å². The van der Waals surface area contributed by atoms with Gasteiger partial charge in [-0.05, 0) is 30.7 Å². The minimum absolute atomic E-state index is 0.0749. The quantitative estimate of drug-likeness (QED) is 0.938. The van der Waals surface area contributed by atoms with Crippen LogP contribution in [0.1, 0.15) is 20.1 Å². The third-order valence-electron chi connectivity index (χ3n) is 2.85. The van der Waals surface area contributed by atoms with Gasteiger partial charge in [-0.2, -0.15) is 0 Å². The lowest BCUT2D eigenvalue weighted by Crippen LogP contribution is -2.25. The molecule has 2 rings (SSSR count). The molecular formula is C14H15FN2OS. The lowest BCUT2D eigenvalue weighted by Gasteiger charge is -2.16. The Morgan fingerprint density at radius 1 is 1.37 bits per heavy atom. The summed E-state index contributed by atoms with van der Waals surface area (Å²) in [6.07, 6.45) is 0. The molecule has 5 heteroatoms. The van der Waals surface area contributed by atoms with E-state index in [1.54, 1.807) is 30.1 Å². The van der Waals surface area contributed by atoms with Gasteiger partial charge >= 0.3 is 0 Å². The molecule has 2 aromatic rings. The fourth-order valence-corrected chi connectivity index (χ4v) is 2.66. The summed E-state index contributed by atoms with van der Waals surface area (Å²) >= 11 is 1.39. The summed E-state index contributed by atoms with van der Waals surface area (Å²) in [5.74, 6) is -0.353. The van der Waals surface area contributed by atoms with Gasteiger partial charge < -0.3 is 10.6 Å². The van der Waals surface area contributed by atoms with Crippen molar-refractivity contribution in [2.75, 3.05) is 12.8 Å². The van der Waals surface area contributed by atoms with Crippen LogP contribution in [0.5, 0.6) is 0 Å². The molecule has 0 radical (unpaired) electrons. The molecule has 2 N–H and O–H groups in total. The molecule has 1 heterocycles. The molecule has 0 saturated heterocycles. The summed E-state index contributed by atoms with van der Waals surface area (Å²) in [6.45, 7) is 2.33. The van der Waals surface area contributed by atoms with Crippen molar-refractivity contribution in [1.82, 2.24) is 4.90 Å². The normalized spacial score (nSPS) is 10.5. The Bertz CT molecular complexity index is 572. The van der Waals surface area contributed by atoms with Crippen molar-refractivity contribution < 1.29 is 9.18 Å². The van der Waals surface area contributed by atoms with Crippen LogP contribution in [0.4, 0.5) is 10.1 Å². The molecule has 0 bridgehead atoms. The zero-order chi connectivity index (χ0) is 14.0. The largest absolute Gasteiger partial charge is 0.398 e. The van der Waals surface area contributed by atoms with Crippen molar-refractivity contribution in [3.63, 3.8) is 0 Å². The highest BCUT2D eigenvalue weighted by Crippen LogP contribution is 2.24. The van der Waals surface area contributed by atoms with Crippen LogP contribution in [0.2, 0.25) is 0 Å². The number of benzene rings is 1. The maximum atomic E-state index is 12.8. The summed E-state index contributed by atoms with van der Waals surface area (Å²) in [5, 5.41) is 0. The Morgan fingerprint density at radius 3 is 2.53 bits per heavy atom. The van der Waals surface area contributed by atoms with E-state index in [0.29, 0.717) is 17.1 Å². The lowest BCUT2D eigenvalue weighted by molar-refractivity contribution is 0.0790. The molecule has 100 valence electrons. The smallest absolute Gasteiger partial charge is 0.264 e. The first kappa shape index (κ1) is 13.5. The summed E-state index contributed by atoms with van der Waals surface area (Å²) in [6, 6.07) is 7.83. The standard InChI is InChI=1S/C14H15FN2OS/c1-9-12(16)7-13(19-9)14(18)17(2)8-10-3-5-11(15)6-4-10/h3-7H,8,16H2,1-2H3. The van der Waals surface area contributed by atoms with E-state index in [2.05, 4.69) is 0 Å². The SMILES string of the molecule is Cc1sc(C(=O)N(C)Cc2ccc(F)cc2)cc1N. The topological polar surface area (TPSA) is 46.3 Å². The number of rotatable bonds is 3. The van der Waals surface area contributed by atoms with Crippen LogP contribution < -0.4 is 5.73 Å². The number of carbonyl (C=O) groups is 1. The van der Waals surface area contributed by atoms with E-state index in [-0.39, 0.29) is 11.7 Å². The van der Waals surface area contributed by atoms with Crippen molar-refractivity contribution >= 4 is 22.9 Å². The highest BCUT2D eigenvalue weighted by molar-refractivity contribution is 7.14. The fourth-order valence-electron chi connectivity index (χ4n) is 1.73. The van der Waals surface area contributed by atoms with E-state index in [4.69, 9.17) is 5.73 Å². The van der Waals surface area contributed by atoms with Crippen LogP contribution in [0.25, 0.3) is 0 Å². The molecule has 1 aromatic carbocycles. The first-order valence-corrected chi connectivity index (χ1v) is 6.65. The number of thiophene rings is 1. The second-order valence-electron chi connectivity index (χ2n) is 4.41. The number of nitrogens with two attached hydrogens (primary N) is 1. The molecule has 0 aliphatic heterocycles. The second-order valence-corrected chi connectivity index (χ2v) is 5.67. The number of hydrogen-bond donors (Lipinski definition) is 1. The van der Waals surface area contributed by atoms with Crippen LogP contribution >= 0.6 is 11.3 Å². The average molecular weight is 278 g/mol. The first-order valence-electron chi connectivity index (χ1n) is 5.83. The van der Waals surface area contributed by atoms with Crippen molar-refractivity contribution in [3.05, 3.63) is 51.5 Å². The van der Waals surface area contributed by atoms with Gasteiger partial charge in [0.2, 0.25) is 0 Å². The molecule has 1 amide bonds. The molecule has 1 aromatic heterocycles. The molecule has 0 spiro atoms. The molecule has 0 saturated carbocycles. The monoisotopic (exact) mass is 278 g/mol. The molecule has 0 aliphatic rings. The highest BCUT2D eigenvalue weighted by atomic mass is 32.1. The van der Waals surface area contributed by atoms with Gasteiger partial charge in [-0.15, -0.1) is 11.3 Å².